The molecule has 0 bridgehead atoms. The Kier molecular flexibility index (Phi) is 23.0. The van der Waals surface area contributed by atoms with Crippen LogP contribution in [0.25, 0.3) is 10.9 Å². The molecule has 0 aliphatic rings. The summed E-state index contributed by atoms with van der Waals surface area (Å²) in [4.78, 5) is 133. The van der Waals surface area contributed by atoms with Gasteiger partial charge in [0.25, 0.3) is 0 Å². The molecule has 4 rings (SSSR count). The van der Waals surface area contributed by atoms with E-state index in [1.54, 1.807) is 44.3 Å². The second-order valence-corrected chi connectivity index (χ2v) is 19.9. The maximum atomic E-state index is 14.6. The second kappa shape index (κ2) is 28.7. The number of nitrogens with zero attached hydrogens (tertiary/aromatic N) is 1. The van der Waals surface area contributed by atoms with Gasteiger partial charge < -0.3 is 64.4 Å². The average molecular weight is 1040 g/mol. The largest absolute Gasteiger partial charge is 0.370 e. The SMILES string of the molecule is CCCC(CCC)(NC(=O)[C@@H](NC(=O)[C@H](C)NC(=O)[C@@H](Cc1c[nH]c2ccccc12)NC(=O)[C@H](CCC(N)=O)NC(=O)[C@H](N)Cc1ccccc1)C(C)C)C(=O)N[C@@H](Cc1cnc[nH]1)C(=O)N[C@@H](CC(C)C)C(N)=O. The van der Waals surface area contributed by atoms with Crippen LogP contribution in [0.1, 0.15) is 110 Å². The van der Waals surface area contributed by atoms with E-state index in [1.165, 1.54) is 19.4 Å². The Balaban J connectivity index is 1.56. The molecule has 0 unspecified atom stereocenters. The lowest BCUT2D eigenvalue weighted by molar-refractivity contribution is -0.139. The first kappa shape index (κ1) is 59.9. The van der Waals surface area contributed by atoms with Crippen LogP contribution in [0.3, 0.4) is 0 Å². The quantitative estimate of drug-likeness (QED) is 0.0338. The van der Waals surface area contributed by atoms with E-state index >= 15 is 0 Å². The molecule has 7 atom stereocenters. The summed E-state index contributed by atoms with van der Waals surface area (Å²) in [5.41, 5.74) is 18.5. The average Bonchev–Trinajstić information content (AvgIpc) is 4.03. The molecule has 75 heavy (non-hydrogen) atoms. The van der Waals surface area contributed by atoms with Crippen LogP contribution in [-0.4, -0.2) is 116 Å². The number of aromatic nitrogens is 3. The molecule has 0 saturated carbocycles. The number of primary amides is 2. The zero-order valence-electron chi connectivity index (χ0n) is 44.0. The van der Waals surface area contributed by atoms with Gasteiger partial charge in [0.05, 0.1) is 12.4 Å². The molecule has 0 saturated heterocycles. The van der Waals surface area contributed by atoms with Crippen molar-refractivity contribution in [1.82, 2.24) is 52.2 Å². The zero-order chi connectivity index (χ0) is 55.4. The Morgan fingerprint density at radius 2 is 1.24 bits per heavy atom. The molecule has 0 aliphatic carbocycles. The summed E-state index contributed by atoms with van der Waals surface area (Å²) in [6, 6.07) is 7.81. The predicted molar refractivity (Wildman–Crippen MR) is 282 cm³/mol. The van der Waals surface area contributed by atoms with Crippen molar-refractivity contribution in [2.45, 2.75) is 161 Å². The molecule has 0 fully saturated rings. The Hall–Kier alpha value is -7.62. The summed E-state index contributed by atoms with van der Waals surface area (Å²) >= 11 is 0. The molecule has 0 aliphatic heterocycles. The number of aromatic amines is 2. The molecule has 22 nitrogen and oxygen atoms in total. The summed E-state index contributed by atoms with van der Waals surface area (Å²) in [5.74, 6) is -7.08. The third-order valence-corrected chi connectivity index (χ3v) is 12.8. The molecule has 0 radical (unpaired) electrons. The van der Waals surface area contributed by atoms with Gasteiger partial charge in [-0.1, -0.05) is 103 Å². The molecular formula is C53H77N13O9. The summed E-state index contributed by atoms with van der Waals surface area (Å²) in [6.45, 7) is 12.2. The van der Waals surface area contributed by atoms with Crippen LogP contribution >= 0.6 is 0 Å². The van der Waals surface area contributed by atoms with Gasteiger partial charge in [0.2, 0.25) is 53.2 Å². The van der Waals surface area contributed by atoms with E-state index in [9.17, 15) is 43.2 Å². The third-order valence-electron chi connectivity index (χ3n) is 12.8. The summed E-state index contributed by atoms with van der Waals surface area (Å²) in [7, 11) is 0. The number of amides is 9. The van der Waals surface area contributed by atoms with E-state index in [2.05, 4.69) is 52.2 Å². The van der Waals surface area contributed by atoms with Gasteiger partial charge in [-0.15, -0.1) is 0 Å². The minimum Gasteiger partial charge on any atom is -0.370 e. The Bertz CT molecular complexity index is 2560. The van der Waals surface area contributed by atoms with Crippen molar-refractivity contribution in [3.63, 3.8) is 0 Å². The number of imidazole rings is 1. The Morgan fingerprint density at radius 3 is 1.84 bits per heavy atom. The lowest BCUT2D eigenvalue weighted by Gasteiger charge is -2.37. The van der Waals surface area contributed by atoms with Crippen molar-refractivity contribution in [1.29, 1.82) is 0 Å². The maximum Gasteiger partial charge on any atom is 0.246 e. The molecule has 4 aromatic rings. The highest BCUT2D eigenvalue weighted by molar-refractivity contribution is 5.99. The summed E-state index contributed by atoms with van der Waals surface area (Å²) in [6.07, 6.45) is 5.58. The van der Waals surface area contributed by atoms with Crippen LogP contribution in [-0.2, 0) is 62.4 Å². The van der Waals surface area contributed by atoms with Gasteiger partial charge in [0, 0.05) is 48.3 Å². The first-order chi connectivity index (χ1) is 35.6. The standard InChI is InChI=1S/C53H77N13O9/c1-8-21-53(22-9-2,52(75)64-42(26-35-28-57-29-59-35)50(73)62-40(45(56)68)23-30(3)4)66-51(74)44(31(5)6)65-46(69)32(7)60-49(72)41(25-34-27-58-38-18-14-13-17-36(34)38)63-48(71)39(19-20-43(55)67)61-47(70)37(54)24-33-15-11-10-12-16-33/h10-18,27-32,37,39-42,44,58H,8-9,19-26,54H2,1-7H3,(H2,55,67)(H2,56,68)(H,57,59)(H,60,72)(H,61,70)(H,62,73)(H,63,71)(H,64,75)(H,65,69)(H,66,74)/t32-,37+,39-,40-,41+,42-,44-/m0/s1. The van der Waals surface area contributed by atoms with E-state index in [4.69, 9.17) is 17.2 Å². The number of fused-ring (bicyclic) bond motifs is 1. The second-order valence-electron chi connectivity index (χ2n) is 19.9. The Labute approximate surface area is 437 Å². The fourth-order valence-corrected chi connectivity index (χ4v) is 8.80. The number of nitrogens with one attached hydrogen (secondary N) is 9. The van der Waals surface area contributed by atoms with Crippen LogP contribution in [0.4, 0.5) is 0 Å². The zero-order valence-corrected chi connectivity index (χ0v) is 44.0. The van der Waals surface area contributed by atoms with Crippen LogP contribution in [0.15, 0.2) is 73.3 Å². The van der Waals surface area contributed by atoms with E-state index in [1.807, 2.05) is 58.0 Å². The lowest BCUT2D eigenvalue weighted by Crippen LogP contribution is -2.66. The molecule has 22 heteroatoms. The predicted octanol–water partition coefficient (Wildman–Crippen LogP) is 1.08. The van der Waals surface area contributed by atoms with Crippen molar-refractivity contribution in [2.24, 2.45) is 29.0 Å². The van der Waals surface area contributed by atoms with Crippen molar-refractivity contribution >= 4 is 64.1 Å². The first-order valence-corrected chi connectivity index (χ1v) is 25.6. The van der Waals surface area contributed by atoms with Gasteiger partial charge in [-0.05, 0) is 68.1 Å². The molecule has 0 spiro atoms. The molecule has 2 heterocycles. The van der Waals surface area contributed by atoms with Crippen molar-refractivity contribution in [2.75, 3.05) is 0 Å². The van der Waals surface area contributed by atoms with Crippen LogP contribution in [0.5, 0.6) is 0 Å². The number of para-hydroxylation sites is 1. The monoisotopic (exact) mass is 1040 g/mol. The highest BCUT2D eigenvalue weighted by Crippen LogP contribution is 2.23. The molecule has 408 valence electrons. The van der Waals surface area contributed by atoms with Gasteiger partial charge >= 0.3 is 0 Å². The van der Waals surface area contributed by atoms with Gasteiger partial charge in [-0.2, -0.15) is 0 Å². The number of nitrogens with two attached hydrogens (primary N) is 3. The van der Waals surface area contributed by atoms with Gasteiger partial charge in [-0.3, -0.25) is 43.2 Å². The fourth-order valence-electron chi connectivity index (χ4n) is 8.80. The van der Waals surface area contributed by atoms with E-state index < -0.39 is 107 Å². The normalized spacial score (nSPS) is 14.3. The minimum atomic E-state index is -1.57. The topological polar surface area (TPSA) is 360 Å². The van der Waals surface area contributed by atoms with E-state index in [-0.39, 0.29) is 57.3 Å². The maximum absolute atomic E-state index is 14.6. The van der Waals surface area contributed by atoms with E-state index in [0.717, 1.165) is 16.5 Å². The van der Waals surface area contributed by atoms with Crippen molar-refractivity contribution < 1.29 is 43.2 Å². The fraction of sp³-hybridized carbons (Fsp3) is 0.509. The molecule has 15 N–H and O–H groups in total. The van der Waals surface area contributed by atoms with Crippen molar-refractivity contribution in [3.05, 3.63) is 90.1 Å². The number of rotatable bonds is 31. The number of hydrogen-bond donors (Lipinski definition) is 12. The van der Waals surface area contributed by atoms with Crippen LogP contribution in [0, 0.1) is 11.8 Å². The van der Waals surface area contributed by atoms with E-state index in [0.29, 0.717) is 24.1 Å². The van der Waals surface area contributed by atoms with Crippen LogP contribution in [0.2, 0.25) is 0 Å². The highest BCUT2D eigenvalue weighted by atomic mass is 16.2. The smallest absolute Gasteiger partial charge is 0.246 e. The Morgan fingerprint density at radius 1 is 0.640 bits per heavy atom. The summed E-state index contributed by atoms with van der Waals surface area (Å²) < 4.78 is 0. The molecule has 9 amide bonds. The lowest BCUT2D eigenvalue weighted by atomic mass is 9.86. The minimum absolute atomic E-state index is 0.00704. The number of carbonyl (C=O) groups is 9. The highest BCUT2D eigenvalue weighted by Gasteiger charge is 2.43. The molecule has 2 aromatic carbocycles. The van der Waals surface area contributed by atoms with Crippen molar-refractivity contribution in [3.8, 4) is 0 Å². The number of hydrogen-bond acceptors (Lipinski definition) is 11. The molecular weight excluding hydrogens is 963 g/mol. The number of H-pyrrole nitrogens is 2. The van der Waals surface area contributed by atoms with Crippen LogP contribution < -0.4 is 54.4 Å². The third kappa shape index (κ3) is 18.1. The van der Waals surface area contributed by atoms with Gasteiger partial charge in [-0.25, -0.2) is 4.98 Å². The summed E-state index contributed by atoms with van der Waals surface area (Å²) in [5, 5.41) is 19.9. The molecule has 2 aromatic heterocycles. The number of carbonyl (C=O) groups excluding carboxylic acids is 9. The van der Waals surface area contributed by atoms with Gasteiger partial charge in [0.15, 0.2) is 0 Å². The number of benzene rings is 2. The van der Waals surface area contributed by atoms with Gasteiger partial charge in [0.1, 0.15) is 41.8 Å². The first-order valence-electron chi connectivity index (χ1n) is 25.6.